The van der Waals surface area contributed by atoms with Gasteiger partial charge in [0.05, 0.1) is 30.0 Å². The standard InChI is InChI=1S/C22H23ClN6O/c1-28-5-7-29(8-6-28)20-11-16(12-24)9-17-18(20)14-26-27-22(17)25-13-15-3-4-21(30-2)19(23)10-15/h3-4,9-11,14H,5-8,13H2,1-2H3,(H,25,27). The van der Waals surface area contributed by atoms with E-state index in [0.717, 1.165) is 48.2 Å². The summed E-state index contributed by atoms with van der Waals surface area (Å²) in [7, 11) is 3.72. The highest BCUT2D eigenvalue weighted by Crippen LogP contribution is 2.32. The van der Waals surface area contributed by atoms with Crippen molar-refractivity contribution in [3.63, 3.8) is 0 Å². The van der Waals surface area contributed by atoms with Gasteiger partial charge >= 0.3 is 0 Å². The van der Waals surface area contributed by atoms with Gasteiger partial charge in [0.15, 0.2) is 5.82 Å². The fourth-order valence-electron chi connectivity index (χ4n) is 3.68. The van der Waals surface area contributed by atoms with Crippen molar-refractivity contribution in [3.8, 4) is 11.8 Å². The average molecular weight is 423 g/mol. The van der Waals surface area contributed by atoms with Gasteiger partial charge in [-0.2, -0.15) is 10.4 Å². The highest BCUT2D eigenvalue weighted by molar-refractivity contribution is 6.32. The van der Waals surface area contributed by atoms with Gasteiger partial charge in [0, 0.05) is 49.2 Å². The molecule has 30 heavy (non-hydrogen) atoms. The second-order valence-corrected chi connectivity index (χ2v) is 7.78. The highest BCUT2D eigenvalue weighted by atomic mass is 35.5. The number of benzene rings is 2. The summed E-state index contributed by atoms with van der Waals surface area (Å²) in [6.07, 6.45) is 1.78. The van der Waals surface area contributed by atoms with Crippen molar-refractivity contribution in [2.45, 2.75) is 6.54 Å². The lowest BCUT2D eigenvalue weighted by molar-refractivity contribution is 0.313. The third-order valence-corrected chi connectivity index (χ3v) is 5.70. The number of nitrogens with zero attached hydrogens (tertiary/aromatic N) is 5. The normalized spacial score (nSPS) is 14.5. The lowest BCUT2D eigenvalue weighted by atomic mass is 10.1. The van der Waals surface area contributed by atoms with Gasteiger partial charge in [0.2, 0.25) is 0 Å². The van der Waals surface area contributed by atoms with Crippen LogP contribution in [-0.2, 0) is 6.54 Å². The predicted molar refractivity (Wildman–Crippen MR) is 119 cm³/mol. The number of rotatable bonds is 5. The molecule has 0 spiro atoms. The minimum absolute atomic E-state index is 0.526. The van der Waals surface area contributed by atoms with E-state index in [1.54, 1.807) is 13.3 Å². The molecular formula is C22H23ClN6O. The summed E-state index contributed by atoms with van der Waals surface area (Å²) in [5, 5.41) is 23.9. The molecule has 0 atom stereocenters. The van der Waals surface area contributed by atoms with E-state index < -0.39 is 0 Å². The van der Waals surface area contributed by atoms with Crippen LogP contribution in [0.3, 0.4) is 0 Å². The maximum Gasteiger partial charge on any atom is 0.156 e. The van der Waals surface area contributed by atoms with Crippen molar-refractivity contribution in [1.82, 2.24) is 15.1 Å². The zero-order valence-corrected chi connectivity index (χ0v) is 17.8. The van der Waals surface area contributed by atoms with E-state index in [2.05, 4.69) is 38.4 Å². The van der Waals surface area contributed by atoms with Crippen molar-refractivity contribution in [2.24, 2.45) is 0 Å². The molecule has 0 saturated carbocycles. The van der Waals surface area contributed by atoms with Crippen molar-refractivity contribution in [2.75, 3.05) is 50.6 Å². The summed E-state index contributed by atoms with van der Waals surface area (Å²) in [5.41, 5.74) is 2.64. The first kappa shape index (κ1) is 20.2. The van der Waals surface area contributed by atoms with Gasteiger partial charge in [-0.25, -0.2) is 0 Å². The maximum absolute atomic E-state index is 9.58. The zero-order valence-electron chi connectivity index (χ0n) is 17.0. The van der Waals surface area contributed by atoms with Crippen LogP contribution in [0, 0.1) is 11.3 Å². The monoisotopic (exact) mass is 422 g/mol. The number of piperazine rings is 1. The van der Waals surface area contributed by atoms with Crippen molar-refractivity contribution in [3.05, 3.63) is 52.7 Å². The Hall–Kier alpha value is -3.08. The zero-order chi connectivity index (χ0) is 21.1. The third-order valence-electron chi connectivity index (χ3n) is 5.41. The minimum atomic E-state index is 0.526. The van der Waals surface area contributed by atoms with Crippen LogP contribution in [0.15, 0.2) is 36.5 Å². The molecule has 8 heteroatoms. The van der Waals surface area contributed by atoms with E-state index in [-0.39, 0.29) is 0 Å². The second-order valence-electron chi connectivity index (χ2n) is 7.37. The highest BCUT2D eigenvalue weighted by Gasteiger charge is 2.19. The number of likely N-dealkylation sites (N-methyl/N-ethyl adjacent to an activating group) is 1. The Kier molecular flexibility index (Phi) is 5.88. The number of anilines is 2. The Balaban J connectivity index is 1.66. The molecule has 1 aliphatic heterocycles. The summed E-state index contributed by atoms with van der Waals surface area (Å²) in [6, 6.07) is 11.8. The molecule has 0 radical (unpaired) electrons. The van der Waals surface area contributed by atoms with Crippen LogP contribution in [0.1, 0.15) is 11.1 Å². The molecule has 2 heterocycles. The molecule has 0 amide bonds. The lowest BCUT2D eigenvalue weighted by Crippen LogP contribution is -2.44. The Labute approximate surface area is 180 Å². The van der Waals surface area contributed by atoms with Crippen LogP contribution in [0.25, 0.3) is 10.8 Å². The summed E-state index contributed by atoms with van der Waals surface area (Å²) in [4.78, 5) is 4.62. The Morgan fingerprint density at radius 2 is 1.97 bits per heavy atom. The quantitative estimate of drug-likeness (QED) is 0.673. The van der Waals surface area contributed by atoms with Crippen molar-refractivity contribution in [1.29, 1.82) is 5.26 Å². The number of hydrogen-bond acceptors (Lipinski definition) is 7. The van der Waals surface area contributed by atoms with Crippen LogP contribution in [0.5, 0.6) is 5.75 Å². The molecule has 1 N–H and O–H groups in total. The van der Waals surface area contributed by atoms with Crippen LogP contribution < -0.4 is 15.0 Å². The van der Waals surface area contributed by atoms with Crippen molar-refractivity contribution >= 4 is 33.9 Å². The van der Waals surface area contributed by atoms with Gasteiger partial charge in [0.1, 0.15) is 5.75 Å². The van der Waals surface area contributed by atoms with Crippen LogP contribution in [-0.4, -0.2) is 55.4 Å². The molecule has 0 aliphatic carbocycles. The molecule has 0 unspecified atom stereocenters. The Bertz CT molecular complexity index is 1100. The van der Waals surface area contributed by atoms with Gasteiger partial charge in [-0.1, -0.05) is 17.7 Å². The average Bonchev–Trinajstić information content (AvgIpc) is 2.77. The number of nitrogens with one attached hydrogen (secondary N) is 1. The summed E-state index contributed by atoms with van der Waals surface area (Å²) < 4.78 is 5.21. The number of halogens is 1. The minimum Gasteiger partial charge on any atom is -0.495 e. The third kappa shape index (κ3) is 4.11. The predicted octanol–water partition coefficient (Wildman–Crippen LogP) is 3.53. The molecule has 0 bridgehead atoms. The number of hydrogen-bond donors (Lipinski definition) is 1. The summed E-state index contributed by atoms with van der Waals surface area (Å²) in [6.45, 7) is 4.32. The van der Waals surface area contributed by atoms with E-state index >= 15 is 0 Å². The molecule has 1 aliphatic rings. The van der Waals surface area contributed by atoms with Crippen LogP contribution >= 0.6 is 11.6 Å². The molecule has 2 aromatic carbocycles. The fourth-order valence-corrected chi connectivity index (χ4v) is 3.96. The largest absolute Gasteiger partial charge is 0.495 e. The Morgan fingerprint density at radius 3 is 2.67 bits per heavy atom. The van der Waals surface area contributed by atoms with E-state index in [0.29, 0.717) is 28.7 Å². The van der Waals surface area contributed by atoms with Crippen LogP contribution in [0.4, 0.5) is 11.5 Å². The molecule has 4 rings (SSSR count). The van der Waals surface area contributed by atoms with E-state index in [4.69, 9.17) is 16.3 Å². The van der Waals surface area contributed by atoms with Crippen LogP contribution in [0.2, 0.25) is 5.02 Å². The first-order valence-electron chi connectivity index (χ1n) is 9.78. The van der Waals surface area contributed by atoms with Gasteiger partial charge in [-0.3, -0.25) is 0 Å². The number of aromatic nitrogens is 2. The number of nitriles is 1. The molecule has 1 saturated heterocycles. The number of ether oxygens (including phenoxy) is 1. The van der Waals surface area contributed by atoms with Crippen molar-refractivity contribution < 1.29 is 4.74 Å². The Morgan fingerprint density at radius 1 is 1.17 bits per heavy atom. The molecular weight excluding hydrogens is 400 g/mol. The van der Waals surface area contributed by atoms with Gasteiger partial charge in [0.25, 0.3) is 0 Å². The van der Waals surface area contributed by atoms with Gasteiger partial charge in [-0.05, 0) is 36.9 Å². The molecule has 154 valence electrons. The first-order valence-corrected chi connectivity index (χ1v) is 10.2. The van der Waals surface area contributed by atoms with E-state index in [1.165, 1.54) is 0 Å². The SMILES string of the molecule is COc1ccc(CNc2nncc3c(N4CCN(C)CC4)cc(C#N)cc23)cc1Cl. The first-order chi connectivity index (χ1) is 14.6. The molecule has 7 nitrogen and oxygen atoms in total. The number of methoxy groups -OCH3 is 1. The fraction of sp³-hybridized carbons (Fsp3) is 0.318. The summed E-state index contributed by atoms with van der Waals surface area (Å²) in [5.74, 6) is 1.28. The van der Waals surface area contributed by atoms with Gasteiger partial charge in [-0.15, -0.1) is 5.10 Å². The smallest absolute Gasteiger partial charge is 0.156 e. The topological polar surface area (TPSA) is 77.3 Å². The van der Waals surface area contributed by atoms with E-state index in [1.807, 2.05) is 30.3 Å². The maximum atomic E-state index is 9.58. The van der Waals surface area contributed by atoms with E-state index in [9.17, 15) is 5.26 Å². The molecule has 1 fully saturated rings. The number of fused-ring (bicyclic) bond motifs is 1. The molecule has 1 aromatic heterocycles. The molecule has 3 aromatic rings. The lowest BCUT2D eigenvalue weighted by Gasteiger charge is -2.34. The van der Waals surface area contributed by atoms with Gasteiger partial charge < -0.3 is 19.9 Å². The second kappa shape index (κ2) is 8.74. The summed E-state index contributed by atoms with van der Waals surface area (Å²) >= 11 is 6.24.